The second-order valence-electron chi connectivity index (χ2n) is 4.45. The van der Waals surface area contributed by atoms with Crippen LogP contribution in [0.2, 0.25) is 5.28 Å². The summed E-state index contributed by atoms with van der Waals surface area (Å²) < 4.78 is 1.80. The molecule has 0 amide bonds. The Morgan fingerprint density at radius 1 is 1.25 bits per heavy atom. The van der Waals surface area contributed by atoms with Crippen LogP contribution < -0.4 is 4.90 Å². The number of aromatic nitrogens is 4. The second kappa shape index (κ2) is 5.09. The van der Waals surface area contributed by atoms with E-state index in [0.717, 1.165) is 23.3 Å². The van der Waals surface area contributed by atoms with Crippen LogP contribution in [0.5, 0.6) is 0 Å². The summed E-state index contributed by atoms with van der Waals surface area (Å²) in [7, 11) is 2.02. The van der Waals surface area contributed by atoms with Gasteiger partial charge in [0, 0.05) is 31.2 Å². The van der Waals surface area contributed by atoms with Gasteiger partial charge in [0.1, 0.15) is 0 Å². The minimum absolute atomic E-state index is 0.215. The van der Waals surface area contributed by atoms with Crippen molar-refractivity contribution in [2.45, 2.75) is 6.92 Å². The molecule has 0 aliphatic rings. The Labute approximate surface area is 121 Å². The van der Waals surface area contributed by atoms with Crippen molar-refractivity contribution in [3.63, 3.8) is 0 Å². The number of hydrogen-bond donors (Lipinski definition) is 0. The van der Waals surface area contributed by atoms with Gasteiger partial charge in [-0.2, -0.15) is 4.98 Å². The van der Waals surface area contributed by atoms with Gasteiger partial charge >= 0.3 is 0 Å². The lowest BCUT2D eigenvalue weighted by atomic mass is 10.2. The number of benzene rings is 1. The van der Waals surface area contributed by atoms with Crippen molar-refractivity contribution in [2.75, 3.05) is 18.5 Å². The van der Waals surface area contributed by atoms with Gasteiger partial charge in [0.15, 0.2) is 11.6 Å². The molecule has 0 saturated heterocycles. The van der Waals surface area contributed by atoms with Gasteiger partial charge in [-0.25, -0.2) is 9.67 Å². The molecular formula is C14H14ClN5. The monoisotopic (exact) mass is 287 g/mol. The fraction of sp³-hybridized carbons (Fsp3) is 0.214. The zero-order chi connectivity index (χ0) is 14.1. The zero-order valence-corrected chi connectivity index (χ0v) is 12.0. The fourth-order valence-electron chi connectivity index (χ4n) is 2.10. The van der Waals surface area contributed by atoms with Crippen LogP contribution in [0.25, 0.3) is 16.7 Å². The number of fused-ring (bicyclic) bond motifs is 1. The van der Waals surface area contributed by atoms with E-state index in [4.69, 9.17) is 11.6 Å². The minimum Gasteiger partial charge on any atom is -0.358 e. The van der Waals surface area contributed by atoms with Crippen molar-refractivity contribution in [3.05, 3.63) is 41.8 Å². The fourth-order valence-corrected chi connectivity index (χ4v) is 2.24. The summed E-state index contributed by atoms with van der Waals surface area (Å²) in [5, 5.41) is 5.97. The highest BCUT2D eigenvalue weighted by Crippen LogP contribution is 2.27. The zero-order valence-electron chi connectivity index (χ0n) is 11.3. The van der Waals surface area contributed by atoms with Gasteiger partial charge in [-0.3, -0.25) is 0 Å². The van der Waals surface area contributed by atoms with E-state index in [0.29, 0.717) is 5.82 Å². The van der Waals surface area contributed by atoms with E-state index in [1.807, 2.05) is 25.2 Å². The third kappa shape index (κ3) is 2.10. The highest BCUT2D eigenvalue weighted by molar-refractivity contribution is 6.28. The lowest BCUT2D eigenvalue weighted by molar-refractivity contribution is 0.837. The van der Waals surface area contributed by atoms with Gasteiger partial charge in [0.05, 0.1) is 5.52 Å². The van der Waals surface area contributed by atoms with Gasteiger partial charge in [-0.15, -0.1) is 5.10 Å². The van der Waals surface area contributed by atoms with Crippen LogP contribution in [0, 0.1) is 0 Å². The van der Waals surface area contributed by atoms with Gasteiger partial charge in [0.2, 0.25) is 5.28 Å². The normalized spacial score (nSPS) is 10.9. The molecule has 2 heterocycles. The predicted octanol–water partition coefficient (Wildman–Crippen LogP) is 2.93. The van der Waals surface area contributed by atoms with Gasteiger partial charge in [0.25, 0.3) is 0 Å². The maximum Gasteiger partial charge on any atom is 0.224 e. The highest BCUT2D eigenvalue weighted by atomic mass is 35.5. The number of nitrogens with zero attached hydrogens (tertiary/aromatic N) is 5. The van der Waals surface area contributed by atoms with Gasteiger partial charge in [-0.1, -0.05) is 12.1 Å². The molecule has 0 aliphatic heterocycles. The first-order chi connectivity index (χ1) is 9.70. The molecule has 20 heavy (non-hydrogen) atoms. The summed E-state index contributed by atoms with van der Waals surface area (Å²) in [5.74, 6) is 1.59. The van der Waals surface area contributed by atoms with Crippen molar-refractivity contribution in [1.29, 1.82) is 0 Å². The molecule has 3 rings (SSSR count). The van der Waals surface area contributed by atoms with E-state index in [1.54, 1.807) is 16.9 Å². The molecule has 6 heteroatoms. The average molecular weight is 288 g/mol. The van der Waals surface area contributed by atoms with Crippen molar-refractivity contribution in [1.82, 2.24) is 19.7 Å². The quantitative estimate of drug-likeness (QED) is 0.695. The molecule has 3 aromatic rings. The Morgan fingerprint density at radius 3 is 2.80 bits per heavy atom. The highest BCUT2D eigenvalue weighted by Gasteiger charge is 2.14. The second-order valence-corrected chi connectivity index (χ2v) is 4.79. The van der Waals surface area contributed by atoms with Crippen LogP contribution in [-0.2, 0) is 0 Å². The third-order valence-electron chi connectivity index (χ3n) is 3.23. The first-order valence-electron chi connectivity index (χ1n) is 6.38. The summed E-state index contributed by atoms with van der Waals surface area (Å²) in [6, 6.07) is 9.86. The molecule has 2 aromatic heterocycles. The van der Waals surface area contributed by atoms with Crippen molar-refractivity contribution >= 4 is 28.3 Å². The van der Waals surface area contributed by atoms with E-state index in [2.05, 4.69) is 33.0 Å². The number of anilines is 1. The molecule has 0 bridgehead atoms. The molecule has 1 aromatic carbocycles. The maximum atomic E-state index is 5.87. The average Bonchev–Trinajstić information content (AvgIpc) is 2.86. The lowest BCUT2D eigenvalue weighted by Gasteiger charge is -2.13. The van der Waals surface area contributed by atoms with Crippen LogP contribution in [0.4, 0.5) is 5.82 Å². The Balaban J connectivity index is 2.26. The Kier molecular flexibility index (Phi) is 3.28. The van der Waals surface area contributed by atoms with Crippen molar-refractivity contribution in [3.8, 4) is 5.82 Å². The first kappa shape index (κ1) is 12.9. The molecule has 0 radical (unpaired) electrons. The van der Waals surface area contributed by atoms with Crippen LogP contribution in [-0.4, -0.2) is 33.3 Å². The Bertz CT molecular complexity index is 752. The summed E-state index contributed by atoms with van der Waals surface area (Å²) in [5.41, 5.74) is 0.998. The van der Waals surface area contributed by atoms with E-state index < -0.39 is 0 Å². The van der Waals surface area contributed by atoms with Crippen LogP contribution in [0.3, 0.4) is 0 Å². The van der Waals surface area contributed by atoms with E-state index in [9.17, 15) is 0 Å². The maximum absolute atomic E-state index is 5.87. The van der Waals surface area contributed by atoms with E-state index in [-0.39, 0.29) is 5.28 Å². The van der Waals surface area contributed by atoms with Crippen molar-refractivity contribution < 1.29 is 0 Å². The summed E-state index contributed by atoms with van der Waals surface area (Å²) in [6.45, 7) is 2.97. The molecule has 102 valence electrons. The molecule has 0 unspecified atom stereocenters. The molecule has 5 nitrogen and oxygen atoms in total. The van der Waals surface area contributed by atoms with Crippen LogP contribution in [0.1, 0.15) is 6.92 Å². The van der Waals surface area contributed by atoms with Gasteiger partial charge < -0.3 is 4.90 Å². The number of hydrogen-bond acceptors (Lipinski definition) is 4. The Morgan fingerprint density at radius 2 is 2.05 bits per heavy atom. The van der Waals surface area contributed by atoms with Crippen LogP contribution in [0.15, 0.2) is 36.5 Å². The predicted molar refractivity (Wildman–Crippen MR) is 80.6 cm³/mol. The van der Waals surface area contributed by atoms with Crippen LogP contribution >= 0.6 is 11.6 Å². The molecule has 0 atom stereocenters. The Hall–Kier alpha value is -2.14. The van der Waals surface area contributed by atoms with Gasteiger partial charge in [-0.05, 0) is 30.7 Å². The number of para-hydroxylation sites is 1. The molecule has 0 saturated carbocycles. The smallest absolute Gasteiger partial charge is 0.224 e. The summed E-state index contributed by atoms with van der Waals surface area (Å²) in [6.07, 6.45) is 1.63. The first-order valence-corrected chi connectivity index (χ1v) is 6.76. The SMILES string of the molecule is CCN(C)c1nn(-c2ccnc(Cl)n2)c2ccccc12. The molecule has 0 fully saturated rings. The number of rotatable bonds is 3. The summed E-state index contributed by atoms with van der Waals surface area (Å²) in [4.78, 5) is 10.2. The lowest BCUT2D eigenvalue weighted by Crippen LogP contribution is -2.16. The third-order valence-corrected chi connectivity index (χ3v) is 3.41. The molecule has 0 spiro atoms. The van der Waals surface area contributed by atoms with Crippen molar-refractivity contribution in [2.24, 2.45) is 0 Å². The molecule has 0 N–H and O–H groups in total. The molecule has 0 aliphatic carbocycles. The van der Waals surface area contributed by atoms with E-state index in [1.165, 1.54) is 0 Å². The largest absolute Gasteiger partial charge is 0.358 e. The van der Waals surface area contributed by atoms with E-state index >= 15 is 0 Å². The molecular weight excluding hydrogens is 274 g/mol. The number of halogens is 1. The summed E-state index contributed by atoms with van der Waals surface area (Å²) >= 11 is 5.87. The standard InChI is InChI=1S/C14H14ClN5/c1-3-19(2)13-10-6-4-5-7-11(10)20(18-13)12-8-9-16-14(15)17-12/h4-9H,3H2,1-2H3. The topological polar surface area (TPSA) is 46.8 Å². The minimum atomic E-state index is 0.215.